The first kappa shape index (κ1) is 27.6. The van der Waals surface area contributed by atoms with Crippen LogP contribution in [0.15, 0.2) is 47.6 Å². The van der Waals surface area contributed by atoms with E-state index in [4.69, 9.17) is 16.2 Å². The van der Waals surface area contributed by atoms with Crippen LogP contribution in [0.1, 0.15) is 41.5 Å². The summed E-state index contributed by atoms with van der Waals surface area (Å²) in [5, 5.41) is -1.23. The number of fused-ring (bicyclic) bond motifs is 2. The van der Waals surface area contributed by atoms with E-state index < -0.39 is 35.2 Å². The highest BCUT2D eigenvalue weighted by Gasteiger charge is 2.46. The first-order valence-corrected chi connectivity index (χ1v) is 13.7. The summed E-state index contributed by atoms with van der Waals surface area (Å²) in [6.07, 6.45) is 5.93. The van der Waals surface area contributed by atoms with Gasteiger partial charge in [-0.2, -0.15) is 0 Å². The molecule has 0 spiro atoms. The largest absolute Gasteiger partial charge is 0.491 e. The molecule has 2 aromatic carbocycles. The number of primary amides is 1. The van der Waals surface area contributed by atoms with E-state index in [1.54, 1.807) is 24.2 Å². The van der Waals surface area contributed by atoms with Gasteiger partial charge in [0.05, 0.1) is 21.3 Å². The van der Waals surface area contributed by atoms with Crippen LogP contribution in [0.3, 0.4) is 0 Å². The highest BCUT2D eigenvalue weighted by atomic mass is 28.1. The van der Waals surface area contributed by atoms with Crippen molar-refractivity contribution in [1.82, 2.24) is 9.80 Å². The fraction of sp³-hybridized carbons (Fsp3) is 0.379. The molecule has 0 saturated heterocycles. The van der Waals surface area contributed by atoms with Gasteiger partial charge in [-0.25, -0.2) is 9.18 Å². The maximum atomic E-state index is 14.0. The zero-order valence-corrected chi connectivity index (χ0v) is 23.2. The zero-order valence-electron chi connectivity index (χ0n) is 22.2. The monoisotopic (exact) mass is 560 g/mol. The molecule has 0 bridgehead atoms. The van der Waals surface area contributed by atoms with Gasteiger partial charge in [0.25, 0.3) is 0 Å². The molecule has 40 heavy (non-hydrogen) atoms. The second-order valence-electron chi connectivity index (χ2n) is 10.5. The molecule has 4 amide bonds. The SMILES string of the molecule is CN=CC(=CN)c1ccc2c(c1)CC[C@@]2([Si])C(=O)N(CC(=O)N1Cc2cc(F)ccc2OC[C@H]1C1CC1)C(N)=O. The summed E-state index contributed by atoms with van der Waals surface area (Å²) in [7, 11) is 5.33. The topological polar surface area (TPSA) is 131 Å². The van der Waals surface area contributed by atoms with Crippen molar-refractivity contribution in [1.29, 1.82) is 0 Å². The van der Waals surface area contributed by atoms with Crippen molar-refractivity contribution in [2.24, 2.45) is 22.4 Å². The Hall–Kier alpha value is -3.99. The third-order valence-corrected chi connectivity index (χ3v) is 8.68. The number of nitrogens with two attached hydrogens (primary N) is 2. The van der Waals surface area contributed by atoms with Crippen molar-refractivity contribution >= 4 is 39.9 Å². The predicted octanol–water partition coefficient (Wildman–Crippen LogP) is 2.24. The number of nitrogens with zero attached hydrogens (tertiary/aromatic N) is 3. The van der Waals surface area contributed by atoms with Crippen molar-refractivity contribution in [3.05, 3.63) is 70.7 Å². The zero-order chi connectivity index (χ0) is 28.6. The van der Waals surface area contributed by atoms with Gasteiger partial charge in [-0.1, -0.05) is 18.2 Å². The quantitative estimate of drug-likeness (QED) is 0.413. The minimum Gasteiger partial charge on any atom is -0.491 e. The molecule has 9 nitrogen and oxygen atoms in total. The first-order valence-electron chi connectivity index (χ1n) is 13.2. The number of hydrogen-bond acceptors (Lipinski definition) is 6. The molecule has 1 heterocycles. The average Bonchev–Trinajstić information content (AvgIpc) is 3.74. The van der Waals surface area contributed by atoms with Crippen LogP contribution in [0, 0.1) is 11.7 Å². The van der Waals surface area contributed by atoms with Crippen LogP contribution in [0.2, 0.25) is 0 Å². The normalized spacial score (nSPS) is 22.3. The molecule has 3 radical (unpaired) electrons. The number of halogens is 1. The standard InChI is InChI=1S/C29H31FN5O4Si/c1-33-13-21(12-31)18-4-6-23-19(10-18)8-9-29(23,40)27(37)35(28(32)38)15-26(36)34-14-20-11-22(30)5-7-25(20)39-16-24(34)17-2-3-17/h4-7,10-13,17,24H,2-3,8-9,14-16,31H2,1H3,(H2,32,38)/t24-,29-/m0/s1. The summed E-state index contributed by atoms with van der Waals surface area (Å²) >= 11 is 0. The van der Waals surface area contributed by atoms with Crippen LogP contribution in [-0.4, -0.2) is 70.3 Å². The highest BCUT2D eigenvalue weighted by molar-refractivity contribution is 6.31. The number of ether oxygens (including phenoxy) is 1. The minimum absolute atomic E-state index is 0.108. The summed E-state index contributed by atoms with van der Waals surface area (Å²) in [5.41, 5.74) is 15.2. The van der Waals surface area contributed by atoms with Crippen LogP contribution in [0.4, 0.5) is 9.18 Å². The van der Waals surface area contributed by atoms with Gasteiger partial charge in [0, 0.05) is 37.1 Å². The molecule has 1 fully saturated rings. The van der Waals surface area contributed by atoms with E-state index in [1.807, 2.05) is 18.2 Å². The number of urea groups is 1. The highest BCUT2D eigenvalue weighted by Crippen LogP contribution is 2.41. The lowest BCUT2D eigenvalue weighted by atomic mass is 9.95. The molecule has 2 aliphatic carbocycles. The lowest BCUT2D eigenvalue weighted by Crippen LogP contribution is -2.55. The van der Waals surface area contributed by atoms with E-state index >= 15 is 0 Å². The van der Waals surface area contributed by atoms with Gasteiger partial charge >= 0.3 is 6.03 Å². The molecule has 0 aromatic heterocycles. The van der Waals surface area contributed by atoms with E-state index in [9.17, 15) is 18.8 Å². The molecule has 3 aliphatic rings. The van der Waals surface area contributed by atoms with Gasteiger partial charge in [-0.15, -0.1) is 0 Å². The number of aryl methyl sites for hydroxylation is 1. The minimum atomic E-state index is -1.23. The van der Waals surface area contributed by atoms with Crippen molar-refractivity contribution in [3.63, 3.8) is 0 Å². The maximum absolute atomic E-state index is 14.0. The van der Waals surface area contributed by atoms with Gasteiger partial charge in [-0.3, -0.25) is 19.5 Å². The summed E-state index contributed by atoms with van der Waals surface area (Å²) in [6, 6.07) is 8.53. The maximum Gasteiger partial charge on any atom is 0.321 e. The lowest BCUT2D eigenvalue weighted by Gasteiger charge is -2.34. The van der Waals surface area contributed by atoms with E-state index in [-0.39, 0.29) is 25.1 Å². The number of rotatable bonds is 6. The molecular weight excluding hydrogens is 529 g/mol. The predicted molar refractivity (Wildman–Crippen MR) is 149 cm³/mol. The third-order valence-electron chi connectivity index (χ3n) is 7.94. The fourth-order valence-corrected chi connectivity index (χ4v) is 6.16. The second kappa shape index (κ2) is 10.9. The number of carbonyl (C=O) groups is 3. The van der Waals surface area contributed by atoms with E-state index in [1.165, 1.54) is 18.3 Å². The Balaban J connectivity index is 1.40. The number of benzene rings is 2. The van der Waals surface area contributed by atoms with Crippen molar-refractivity contribution in [2.75, 3.05) is 20.2 Å². The van der Waals surface area contributed by atoms with Crippen molar-refractivity contribution < 1.29 is 23.5 Å². The number of amides is 4. The molecule has 4 N–H and O–H groups in total. The van der Waals surface area contributed by atoms with E-state index in [0.29, 0.717) is 29.7 Å². The number of carbonyl (C=O) groups excluding carboxylic acids is 3. The smallest absolute Gasteiger partial charge is 0.321 e. The molecule has 2 aromatic rings. The molecule has 1 aliphatic heterocycles. The Morgan fingerprint density at radius 3 is 2.67 bits per heavy atom. The van der Waals surface area contributed by atoms with Gasteiger partial charge in [0.2, 0.25) is 11.8 Å². The third kappa shape index (κ3) is 5.13. The van der Waals surface area contributed by atoms with E-state index in [2.05, 4.69) is 15.2 Å². The van der Waals surface area contributed by atoms with Gasteiger partial charge in [-0.05, 0) is 66.5 Å². The summed E-state index contributed by atoms with van der Waals surface area (Å²) in [6.45, 7) is -0.176. The van der Waals surface area contributed by atoms with Crippen LogP contribution in [0.25, 0.3) is 5.57 Å². The Morgan fingerprint density at radius 2 is 2.00 bits per heavy atom. The Labute approximate surface area is 235 Å². The number of aliphatic imine (C=N–C) groups is 1. The van der Waals surface area contributed by atoms with Gasteiger partial charge in [0.15, 0.2) is 0 Å². The lowest BCUT2D eigenvalue weighted by molar-refractivity contribution is -0.141. The summed E-state index contributed by atoms with van der Waals surface area (Å²) < 4.78 is 19.9. The molecule has 5 rings (SSSR count). The fourth-order valence-electron chi connectivity index (χ4n) is 5.66. The molecule has 207 valence electrons. The number of hydrogen-bond donors (Lipinski definition) is 2. The van der Waals surface area contributed by atoms with Gasteiger partial charge in [0.1, 0.15) is 24.7 Å². The summed E-state index contributed by atoms with van der Waals surface area (Å²) in [5.74, 6) is -0.742. The molecule has 2 atom stereocenters. The van der Waals surface area contributed by atoms with Crippen LogP contribution >= 0.6 is 0 Å². The van der Waals surface area contributed by atoms with Crippen LogP contribution in [-0.2, 0) is 27.6 Å². The number of allylic oxidation sites excluding steroid dienone is 1. The van der Waals surface area contributed by atoms with Crippen LogP contribution in [0.5, 0.6) is 5.75 Å². The average molecular weight is 561 g/mol. The molecule has 1 saturated carbocycles. The second-order valence-corrected chi connectivity index (χ2v) is 11.4. The van der Waals surface area contributed by atoms with Gasteiger partial charge < -0.3 is 21.1 Å². The Bertz CT molecular complexity index is 1430. The van der Waals surface area contributed by atoms with Crippen molar-refractivity contribution in [3.8, 4) is 5.75 Å². The molecular formula is C29H31FN5O4Si. The Kier molecular flexibility index (Phi) is 7.50. The molecule has 11 heteroatoms. The molecule has 0 unspecified atom stereocenters. The van der Waals surface area contributed by atoms with E-state index in [0.717, 1.165) is 34.4 Å². The number of imide groups is 1. The van der Waals surface area contributed by atoms with Crippen molar-refractivity contribution in [2.45, 2.75) is 43.3 Å². The van der Waals surface area contributed by atoms with Crippen LogP contribution < -0.4 is 16.2 Å². The summed E-state index contributed by atoms with van der Waals surface area (Å²) in [4.78, 5) is 46.6. The first-order chi connectivity index (χ1) is 19.2. The Morgan fingerprint density at radius 1 is 1.23 bits per heavy atom.